The number of hydrogen-bond acceptors (Lipinski definition) is 3. The second kappa shape index (κ2) is 5.67. The van der Waals surface area contributed by atoms with Crippen molar-refractivity contribution in [1.82, 2.24) is 4.90 Å². The van der Waals surface area contributed by atoms with Crippen molar-refractivity contribution in [2.45, 2.75) is 19.9 Å². The lowest BCUT2D eigenvalue weighted by atomic mass is 9.87. The third kappa shape index (κ3) is 3.00. The first-order valence-corrected chi connectivity index (χ1v) is 6.50. The largest absolute Gasteiger partial charge is 0.505 e. The van der Waals surface area contributed by atoms with E-state index in [9.17, 15) is 4.39 Å². The molecule has 1 heterocycles. The summed E-state index contributed by atoms with van der Waals surface area (Å²) in [7, 11) is 0. The Kier molecular flexibility index (Phi) is 4.19. The van der Waals surface area contributed by atoms with E-state index in [0.29, 0.717) is 18.4 Å². The van der Waals surface area contributed by atoms with Crippen LogP contribution in [0.15, 0.2) is 18.2 Å². The minimum absolute atomic E-state index is 0.286. The van der Waals surface area contributed by atoms with E-state index >= 15 is 0 Å². The second-order valence-electron chi connectivity index (χ2n) is 5.28. The van der Waals surface area contributed by atoms with Crippen LogP contribution in [-0.2, 0) is 6.54 Å². The van der Waals surface area contributed by atoms with Crippen molar-refractivity contribution >= 4 is 0 Å². The average molecular weight is 252 g/mol. The first-order valence-electron chi connectivity index (χ1n) is 6.50. The zero-order chi connectivity index (χ0) is 13.1. The molecule has 0 saturated carbocycles. The maximum absolute atomic E-state index is 13.2. The van der Waals surface area contributed by atoms with Crippen molar-refractivity contribution in [3.05, 3.63) is 29.6 Å². The lowest BCUT2D eigenvalue weighted by Crippen LogP contribution is -2.42. The Morgan fingerprint density at radius 3 is 2.94 bits per heavy atom. The lowest BCUT2D eigenvalue weighted by molar-refractivity contribution is 0.126. The number of halogens is 1. The first-order chi connectivity index (χ1) is 8.60. The Hall–Kier alpha value is -1.13. The summed E-state index contributed by atoms with van der Waals surface area (Å²) in [6.45, 7) is 5.68. The molecule has 2 atom stereocenters. The fraction of sp³-hybridized carbons (Fsp3) is 0.571. The number of hydrogen-bond donors (Lipinski definition) is 2. The van der Waals surface area contributed by atoms with Crippen LogP contribution in [0.4, 0.5) is 4.39 Å². The normalized spacial score (nSPS) is 25.3. The predicted octanol–water partition coefficient (Wildman–Crippen LogP) is 1.95. The van der Waals surface area contributed by atoms with Crippen LogP contribution in [-0.4, -0.2) is 29.6 Å². The summed E-state index contributed by atoms with van der Waals surface area (Å²) in [4.78, 5) is 2.31. The smallest absolute Gasteiger partial charge is 0.165 e. The lowest BCUT2D eigenvalue weighted by Gasteiger charge is -2.36. The summed E-state index contributed by atoms with van der Waals surface area (Å²) in [6.07, 6.45) is 1.14. The highest BCUT2D eigenvalue weighted by Gasteiger charge is 2.24. The van der Waals surface area contributed by atoms with Crippen LogP contribution in [0, 0.1) is 17.7 Å². The van der Waals surface area contributed by atoms with Gasteiger partial charge in [-0.1, -0.05) is 13.0 Å². The van der Waals surface area contributed by atoms with Gasteiger partial charge in [0.2, 0.25) is 0 Å². The zero-order valence-electron chi connectivity index (χ0n) is 10.8. The number of nitrogens with zero attached hydrogens (tertiary/aromatic N) is 1. The Balaban J connectivity index is 1.99. The van der Waals surface area contributed by atoms with Crippen LogP contribution >= 0.6 is 0 Å². The number of phenols is 1. The van der Waals surface area contributed by atoms with Gasteiger partial charge in [-0.25, -0.2) is 4.39 Å². The number of aromatic hydroxyl groups is 1. The molecule has 0 aliphatic carbocycles. The molecule has 1 aliphatic heterocycles. The molecule has 1 fully saturated rings. The van der Waals surface area contributed by atoms with Gasteiger partial charge in [-0.3, -0.25) is 4.90 Å². The number of rotatable bonds is 3. The molecule has 2 rings (SSSR count). The monoisotopic (exact) mass is 252 g/mol. The third-order valence-corrected chi connectivity index (χ3v) is 3.92. The highest BCUT2D eigenvalue weighted by Crippen LogP contribution is 2.24. The summed E-state index contributed by atoms with van der Waals surface area (Å²) < 4.78 is 13.2. The molecule has 0 amide bonds. The van der Waals surface area contributed by atoms with Gasteiger partial charge < -0.3 is 10.8 Å². The highest BCUT2D eigenvalue weighted by atomic mass is 19.1. The van der Waals surface area contributed by atoms with E-state index in [1.807, 2.05) is 0 Å². The van der Waals surface area contributed by atoms with E-state index in [1.165, 1.54) is 12.1 Å². The Labute approximate surface area is 107 Å². The zero-order valence-corrected chi connectivity index (χ0v) is 10.8. The van der Waals surface area contributed by atoms with Gasteiger partial charge in [0.25, 0.3) is 0 Å². The summed E-state index contributed by atoms with van der Waals surface area (Å²) in [5.41, 5.74) is 6.67. The Morgan fingerprint density at radius 1 is 1.50 bits per heavy atom. The molecule has 1 aromatic carbocycles. The van der Waals surface area contributed by atoms with Crippen LogP contribution in [0.5, 0.6) is 5.75 Å². The van der Waals surface area contributed by atoms with Crippen LogP contribution < -0.4 is 5.73 Å². The van der Waals surface area contributed by atoms with Gasteiger partial charge in [-0.15, -0.1) is 0 Å². The minimum atomic E-state index is -0.548. The van der Waals surface area contributed by atoms with E-state index < -0.39 is 5.82 Å². The van der Waals surface area contributed by atoms with E-state index in [-0.39, 0.29) is 5.75 Å². The number of likely N-dealkylation sites (tertiary alicyclic amines) is 1. The standard InChI is InChI=1S/C14H21FN2O/c1-10-4-5-17(9-12(10)7-16)8-11-2-3-14(18)13(15)6-11/h2-3,6,10,12,18H,4-5,7-9,16H2,1H3. The van der Waals surface area contributed by atoms with Crippen LogP contribution in [0.3, 0.4) is 0 Å². The van der Waals surface area contributed by atoms with Crippen LogP contribution in [0.2, 0.25) is 0 Å². The Bertz CT molecular complexity index is 411. The number of phenolic OH excluding ortho intramolecular Hbond substituents is 1. The van der Waals surface area contributed by atoms with Gasteiger partial charge in [0.05, 0.1) is 0 Å². The van der Waals surface area contributed by atoms with Gasteiger partial charge >= 0.3 is 0 Å². The molecule has 4 heteroatoms. The molecule has 0 aromatic heterocycles. The first kappa shape index (κ1) is 13.3. The molecular weight excluding hydrogens is 231 g/mol. The molecule has 1 saturated heterocycles. The number of benzene rings is 1. The van der Waals surface area contributed by atoms with Crippen molar-refractivity contribution in [2.75, 3.05) is 19.6 Å². The summed E-state index contributed by atoms with van der Waals surface area (Å²) >= 11 is 0. The van der Waals surface area contributed by atoms with Crippen molar-refractivity contribution in [3.63, 3.8) is 0 Å². The van der Waals surface area contributed by atoms with Gasteiger partial charge in [0, 0.05) is 13.1 Å². The average Bonchev–Trinajstić information content (AvgIpc) is 2.36. The molecular formula is C14H21FN2O. The van der Waals surface area contributed by atoms with Crippen LogP contribution in [0.1, 0.15) is 18.9 Å². The summed E-state index contributed by atoms with van der Waals surface area (Å²) in [5.74, 6) is 0.364. The van der Waals surface area contributed by atoms with E-state index in [2.05, 4.69) is 11.8 Å². The van der Waals surface area contributed by atoms with Crippen molar-refractivity contribution in [1.29, 1.82) is 0 Å². The molecule has 3 N–H and O–H groups in total. The SMILES string of the molecule is CC1CCN(Cc2ccc(O)c(F)c2)CC1CN. The fourth-order valence-corrected chi connectivity index (χ4v) is 2.58. The fourth-order valence-electron chi connectivity index (χ4n) is 2.58. The van der Waals surface area contributed by atoms with Crippen LogP contribution in [0.25, 0.3) is 0 Å². The molecule has 18 heavy (non-hydrogen) atoms. The molecule has 0 radical (unpaired) electrons. The Morgan fingerprint density at radius 2 is 2.28 bits per heavy atom. The van der Waals surface area contributed by atoms with Gasteiger partial charge in [-0.2, -0.15) is 0 Å². The summed E-state index contributed by atoms with van der Waals surface area (Å²) in [6, 6.07) is 4.59. The van der Waals surface area contributed by atoms with Gasteiger partial charge in [0.1, 0.15) is 0 Å². The van der Waals surface area contributed by atoms with Gasteiger partial charge in [-0.05, 0) is 49.0 Å². The maximum atomic E-state index is 13.2. The van der Waals surface area contributed by atoms with E-state index in [4.69, 9.17) is 10.8 Å². The topological polar surface area (TPSA) is 49.5 Å². The van der Waals surface area contributed by atoms with Crippen molar-refractivity contribution < 1.29 is 9.50 Å². The van der Waals surface area contributed by atoms with Gasteiger partial charge in [0.15, 0.2) is 11.6 Å². The highest BCUT2D eigenvalue weighted by molar-refractivity contribution is 5.27. The maximum Gasteiger partial charge on any atom is 0.165 e. The quantitative estimate of drug-likeness (QED) is 0.864. The molecule has 0 bridgehead atoms. The molecule has 1 aromatic rings. The number of nitrogens with two attached hydrogens (primary N) is 1. The molecule has 3 nitrogen and oxygen atoms in total. The second-order valence-corrected chi connectivity index (χ2v) is 5.28. The van der Waals surface area contributed by atoms with Crippen molar-refractivity contribution in [2.24, 2.45) is 17.6 Å². The predicted molar refractivity (Wildman–Crippen MR) is 69.7 cm³/mol. The molecule has 0 spiro atoms. The van der Waals surface area contributed by atoms with Crippen molar-refractivity contribution in [3.8, 4) is 5.75 Å². The minimum Gasteiger partial charge on any atom is -0.505 e. The molecule has 100 valence electrons. The van der Waals surface area contributed by atoms with E-state index in [0.717, 1.165) is 31.6 Å². The number of piperidine rings is 1. The molecule has 1 aliphatic rings. The summed E-state index contributed by atoms with van der Waals surface area (Å²) in [5, 5.41) is 9.16. The third-order valence-electron chi connectivity index (χ3n) is 3.92. The van der Waals surface area contributed by atoms with E-state index in [1.54, 1.807) is 6.07 Å². The molecule has 2 unspecified atom stereocenters.